The Bertz CT molecular complexity index is 686. The van der Waals surface area contributed by atoms with Crippen molar-refractivity contribution >= 4 is 28.5 Å². The van der Waals surface area contributed by atoms with E-state index in [2.05, 4.69) is 10.6 Å². The zero-order valence-electron chi connectivity index (χ0n) is 11.9. The van der Waals surface area contributed by atoms with Gasteiger partial charge in [0.05, 0.1) is 6.26 Å². The van der Waals surface area contributed by atoms with Gasteiger partial charge in [0.25, 0.3) is 0 Å². The Morgan fingerprint density at radius 3 is 2.86 bits per heavy atom. The third-order valence-electron chi connectivity index (χ3n) is 3.62. The molecule has 1 aromatic carbocycles. The van der Waals surface area contributed by atoms with Crippen LogP contribution in [0.15, 0.2) is 28.9 Å². The summed E-state index contributed by atoms with van der Waals surface area (Å²) in [6.07, 6.45) is 4.46. The van der Waals surface area contributed by atoms with E-state index in [0.29, 0.717) is 6.54 Å². The molecule has 1 aromatic heterocycles. The highest BCUT2D eigenvalue weighted by molar-refractivity contribution is 5.92. The van der Waals surface area contributed by atoms with Gasteiger partial charge in [-0.3, -0.25) is 9.59 Å². The van der Waals surface area contributed by atoms with Crippen LogP contribution in [0.5, 0.6) is 0 Å². The molecule has 0 radical (unpaired) electrons. The Balaban J connectivity index is 1.68. The van der Waals surface area contributed by atoms with E-state index < -0.39 is 0 Å². The zero-order valence-corrected chi connectivity index (χ0v) is 11.9. The Kier molecular flexibility index (Phi) is 3.64. The lowest BCUT2D eigenvalue weighted by Gasteiger charge is -2.04. The van der Waals surface area contributed by atoms with Gasteiger partial charge in [-0.15, -0.1) is 0 Å². The summed E-state index contributed by atoms with van der Waals surface area (Å²) in [6, 6.07) is 5.55. The molecule has 21 heavy (non-hydrogen) atoms. The summed E-state index contributed by atoms with van der Waals surface area (Å²) in [6.45, 7) is 2.09. The minimum atomic E-state index is -0.101. The van der Waals surface area contributed by atoms with E-state index in [1.807, 2.05) is 18.2 Å². The molecule has 1 heterocycles. The third kappa shape index (κ3) is 3.24. The number of carbonyl (C=O) groups is 2. The second-order valence-electron chi connectivity index (χ2n) is 5.47. The molecule has 0 spiro atoms. The average Bonchev–Trinajstić information content (AvgIpc) is 3.21. The van der Waals surface area contributed by atoms with Crippen molar-refractivity contribution in [1.82, 2.24) is 5.32 Å². The summed E-state index contributed by atoms with van der Waals surface area (Å²) in [4.78, 5) is 22.7. The monoisotopic (exact) mass is 286 g/mol. The highest BCUT2D eigenvalue weighted by atomic mass is 16.3. The van der Waals surface area contributed by atoms with Crippen LogP contribution in [0.2, 0.25) is 0 Å². The summed E-state index contributed by atoms with van der Waals surface area (Å²) >= 11 is 0. The van der Waals surface area contributed by atoms with Gasteiger partial charge in [0.1, 0.15) is 5.58 Å². The maximum atomic E-state index is 11.6. The number of hydrogen-bond donors (Lipinski definition) is 2. The lowest BCUT2D eigenvalue weighted by atomic mass is 10.1. The molecule has 0 bridgehead atoms. The Morgan fingerprint density at radius 2 is 2.14 bits per heavy atom. The van der Waals surface area contributed by atoms with Crippen LogP contribution < -0.4 is 10.6 Å². The van der Waals surface area contributed by atoms with Gasteiger partial charge in [0.15, 0.2) is 0 Å². The molecule has 0 atom stereocenters. The summed E-state index contributed by atoms with van der Waals surface area (Å²) in [7, 11) is 0. The van der Waals surface area contributed by atoms with Gasteiger partial charge >= 0.3 is 0 Å². The number of rotatable bonds is 5. The molecular formula is C16H18N2O3. The normalized spacial score (nSPS) is 14.1. The van der Waals surface area contributed by atoms with Crippen LogP contribution in [0, 0.1) is 5.92 Å². The molecule has 1 aliphatic carbocycles. The molecule has 0 aliphatic heterocycles. The lowest BCUT2D eigenvalue weighted by molar-refractivity contribution is -0.122. The van der Waals surface area contributed by atoms with Crippen molar-refractivity contribution in [3.63, 3.8) is 0 Å². The molecule has 0 unspecified atom stereocenters. The van der Waals surface area contributed by atoms with Gasteiger partial charge < -0.3 is 15.1 Å². The fourth-order valence-corrected chi connectivity index (χ4v) is 2.37. The standard InChI is InChI=1S/C16H18N2O3/c1-10(19)18-13-4-5-15-14(8-13)12(9-21-15)6-7-17-16(20)11-2-3-11/h4-5,8-9,11H,2-3,6-7H2,1H3,(H,17,20)(H,18,19). The first-order chi connectivity index (χ1) is 10.1. The molecule has 2 aromatic rings. The summed E-state index contributed by atoms with van der Waals surface area (Å²) in [5.41, 5.74) is 2.57. The smallest absolute Gasteiger partial charge is 0.223 e. The van der Waals surface area contributed by atoms with Crippen molar-refractivity contribution in [2.24, 2.45) is 5.92 Å². The summed E-state index contributed by atoms with van der Waals surface area (Å²) in [5.74, 6) is 0.287. The van der Waals surface area contributed by atoms with Crippen LogP contribution in [0.25, 0.3) is 11.0 Å². The molecule has 5 heteroatoms. The first-order valence-corrected chi connectivity index (χ1v) is 7.19. The third-order valence-corrected chi connectivity index (χ3v) is 3.62. The number of benzene rings is 1. The van der Waals surface area contributed by atoms with Crippen molar-refractivity contribution in [3.05, 3.63) is 30.0 Å². The van der Waals surface area contributed by atoms with E-state index in [1.54, 1.807) is 6.26 Å². The minimum Gasteiger partial charge on any atom is -0.464 e. The van der Waals surface area contributed by atoms with Crippen LogP contribution in [-0.2, 0) is 16.0 Å². The number of hydrogen-bond acceptors (Lipinski definition) is 3. The van der Waals surface area contributed by atoms with Crippen molar-refractivity contribution < 1.29 is 14.0 Å². The second kappa shape index (κ2) is 5.60. The molecule has 1 aliphatic rings. The zero-order chi connectivity index (χ0) is 14.8. The molecule has 110 valence electrons. The quantitative estimate of drug-likeness (QED) is 0.887. The first-order valence-electron chi connectivity index (χ1n) is 7.19. The van der Waals surface area contributed by atoms with Gasteiger partial charge in [0, 0.05) is 36.0 Å². The number of nitrogens with one attached hydrogen (secondary N) is 2. The topological polar surface area (TPSA) is 71.3 Å². The molecule has 3 rings (SSSR count). The van der Waals surface area contributed by atoms with Crippen LogP contribution in [0.3, 0.4) is 0 Å². The van der Waals surface area contributed by atoms with Crippen LogP contribution in [-0.4, -0.2) is 18.4 Å². The van der Waals surface area contributed by atoms with Crippen molar-refractivity contribution in [3.8, 4) is 0 Å². The molecule has 0 saturated heterocycles. The van der Waals surface area contributed by atoms with Crippen LogP contribution >= 0.6 is 0 Å². The number of furan rings is 1. The molecule has 2 amide bonds. The van der Waals surface area contributed by atoms with Gasteiger partial charge in [-0.25, -0.2) is 0 Å². The Morgan fingerprint density at radius 1 is 1.33 bits per heavy atom. The number of amides is 2. The molecular weight excluding hydrogens is 268 g/mol. The van der Waals surface area contributed by atoms with E-state index >= 15 is 0 Å². The molecule has 5 nitrogen and oxygen atoms in total. The van der Waals surface area contributed by atoms with Crippen molar-refractivity contribution in [1.29, 1.82) is 0 Å². The highest BCUT2D eigenvalue weighted by Gasteiger charge is 2.29. The number of carbonyl (C=O) groups excluding carboxylic acids is 2. The van der Waals surface area contributed by atoms with E-state index in [-0.39, 0.29) is 17.7 Å². The highest BCUT2D eigenvalue weighted by Crippen LogP contribution is 2.29. The Hall–Kier alpha value is -2.30. The fraction of sp³-hybridized carbons (Fsp3) is 0.375. The predicted octanol–water partition coefficient (Wildman–Crippen LogP) is 2.46. The summed E-state index contributed by atoms with van der Waals surface area (Å²) in [5, 5.41) is 6.68. The average molecular weight is 286 g/mol. The number of anilines is 1. The maximum Gasteiger partial charge on any atom is 0.223 e. The first kappa shape index (κ1) is 13.7. The van der Waals surface area contributed by atoms with Gasteiger partial charge in [-0.05, 0) is 37.5 Å². The van der Waals surface area contributed by atoms with Gasteiger partial charge in [-0.1, -0.05) is 0 Å². The molecule has 1 fully saturated rings. The Labute approximate surface area is 122 Å². The van der Waals surface area contributed by atoms with Crippen molar-refractivity contribution in [2.45, 2.75) is 26.2 Å². The van der Waals surface area contributed by atoms with Crippen molar-refractivity contribution in [2.75, 3.05) is 11.9 Å². The second-order valence-corrected chi connectivity index (χ2v) is 5.47. The largest absolute Gasteiger partial charge is 0.464 e. The number of fused-ring (bicyclic) bond motifs is 1. The van der Waals surface area contributed by atoms with Crippen LogP contribution in [0.4, 0.5) is 5.69 Å². The fourth-order valence-electron chi connectivity index (χ4n) is 2.37. The van der Waals surface area contributed by atoms with E-state index in [4.69, 9.17) is 4.42 Å². The van der Waals surface area contributed by atoms with Gasteiger partial charge in [0.2, 0.25) is 11.8 Å². The van der Waals surface area contributed by atoms with Crippen LogP contribution in [0.1, 0.15) is 25.3 Å². The maximum absolute atomic E-state index is 11.6. The minimum absolute atomic E-state index is 0.101. The van der Waals surface area contributed by atoms with E-state index in [9.17, 15) is 9.59 Å². The predicted molar refractivity (Wildman–Crippen MR) is 80.0 cm³/mol. The SMILES string of the molecule is CC(=O)Nc1ccc2occ(CCNC(=O)C3CC3)c2c1. The molecule has 1 saturated carbocycles. The lowest BCUT2D eigenvalue weighted by Crippen LogP contribution is -2.26. The molecule has 2 N–H and O–H groups in total. The van der Waals surface area contributed by atoms with Gasteiger partial charge in [-0.2, -0.15) is 0 Å². The van der Waals surface area contributed by atoms with E-state index in [1.165, 1.54) is 6.92 Å². The summed E-state index contributed by atoms with van der Waals surface area (Å²) < 4.78 is 5.50. The van der Waals surface area contributed by atoms with E-state index in [0.717, 1.165) is 41.5 Å².